The molecule has 1 N–H and O–H groups in total. The maximum atomic E-state index is 12.8. The molecule has 29 heavy (non-hydrogen) atoms. The normalized spacial score (nSPS) is 20.3. The number of allylic oxidation sites excluding steroid dienone is 2. The first kappa shape index (κ1) is 21.7. The van der Waals surface area contributed by atoms with E-state index < -0.39 is 0 Å². The van der Waals surface area contributed by atoms with Gasteiger partial charge in [0.1, 0.15) is 11.9 Å². The summed E-state index contributed by atoms with van der Waals surface area (Å²) in [5.41, 5.74) is 0.811. The summed E-state index contributed by atoms with van der Waals surface area (Å²) >= 11 is 1.80. The molecule has 0 radical (unpaired) electrons. The van der Waals surface area contributed by atoms with Crippen LogP contribution in [0.15, 0.2) is 53.0 Å². The van der Waals surface area contributed by atoms with Gasteiger partial charge >= 0.3 is 0 Å². The van der Waals surface area contributed by atoms with Crippen LogP contribution < -0.4 is 10.1 Å². The number of thioether (sulfide) groups is 1. The van der Waals surface area contributed by atoms with Gasteiger partial charge in [-0.25, -0.2) is 0 Å². The second-order valence-electron chi connectivity index (χ2n) is 7.51. The van der Waals surface area contributed by atoms with Crippen LogP contribution in [-0.2, 0) is 4.79 Å². The molecule has 2 atom stereocenters. The lowest BCUT2D eigenvalue weighted by atomic mass is 9.94. The summed E-state index contributed by atoms with van der Waals surface area (Å²) in [5.74, 6) is 8.43. The third-order valence-electron chi connectivity index (χ3n) is 4.98. The van der Waals surface area contributed by atoms with E-state index in [4.69, 9.17) is 4.74 Å². The Morgan fingerprint density at radius 2 is 1.97 bits per heavy atom. The van der Waals surface area contributed by atoms with Gasteiger partial charge in [0.2, 0.25) is 0 Å². The third kappa shape index (κ3) is 6.80. The van der Waals surface area contributed by atoms with Gasteiger partial charge in [0, 0.05) is 16.9 Å². The lowest BCUT2D eigenvalue weighted by Gasteiger charge is -2.32. The molecule has 0 amide bonds. The first-order valence-electron chi connectivity index (χ1n) is 10.8. The van der Waals surface area contributed by atoms with Crippen LogP contribution in [0.4, 0.5) is 0 Å². The zero-order valence-corrected chi connectivity index (χ0v) is 18.3. The molecule has 0 spiro atoms. The van der Waals surface area contributed by atoms with Gasteiger partial charge in [-0.05, 0) is 49.8 Å². The predicted molar refractivity (Wildman–Crippen MR) is 122 cm³/mol. The second-order valence-corrected chi connectivity index (χ2v) is 8.67. The third-order valence-corrected chi connectivity index (χ3v) is 6.28. The number of ether oxygens (including phenoxy) is 1. The highest BCUT2D eigenvalue weighted by Crippen LogP contribution is 2.33. The Bertz CT molecular complexity index is 795. The molecule has 2 aliphatic rings. The monoisotopic (exact) mass is 409 g/mol. The van der Waals surface area contributed by atoms with Crippen LogP contribution in [0.5, 0.6) is 5.75 Å². The lowest BCUT2D eigenvalue weighted by Crippen LogP contribution is -2.45. The van der Waals surface area contributed by atoms with Gasteiger partial charge < -0.3 is 10.1 Å². The molecule has 3 rings (SSSR count). The molecular formula is C25H31NO2S. The summed E-state index contributed by atoms with van der Waals surface area (Å²) < 4.78 is 6.42. The van der Waals surface area contributed by atoms with E-state index in [0.717, 1.165) is 54.2 Å². The molecule has 2 unspecified atom stereocenters. The highest BCUT2D eigenvalue weighted by atomic mass is 32.2. The summed E-state index contributed by atoms with van der Waals surface area (Å²) in [6.45, 7) is 5.28. The van der Waals surface area contributed by atoms with Crippen molar-refractivity contribution >= 4 is 17.5 Å². The van der Waals surface area contributed by atoms with E-state index >= 15 is 0 Å². The van der Waals surface area contributed by atoms with Crippen LogP contribution in [0.3, 0.4) is 0 Å². The van der Waals surface area contributed by atoms with Crippen molar-refractivity contribution in [2.24, 2.45) is 5.92 Å². The number of ketones is 1. The summed E-state index contributed by atoms with van der Waals surface area (Å²) in [7, 11) is 0. The number of hydrogen-bond donors (Lipinski definition) is 1. The Morgan fingerprint density at radius 1 is 1.17 bits per heavy atom. The van der Waals surface area contributed by atoms with E-state index in [2.05, 4.69) is 43.2 Å². The van der Waals surface area contributed by atoms with Crippen LogP contribution in [0.25, 0.3) is 0 Å². The van der Waals surface area contributed by atoms with Gasteiger partial charge in [-0.15, -0.1) is 11.8 Å². The lowest BCUT2D eigenvalue weighted by molar-refractivity contribution is -0.115. The average Bonchev–Trinajstić information content (AvgIpc) is 3.57. The molecule has 0 heterocycles. The fourth-order valence-electron chi connectivity index (χ4n) is 3.27. The van der Waals surface area contributed by atoms with Crippen molar-refractivity contribution in [2.75, 3.05) is 12.3 Å². The molecule has 0 saturated heterocycles. The Hall–Kier alpha value is -1.96. The minimum Gasteiger partial charge on any atom is -0.483 e. The molecule has 1 aromatic carbocycles. The van der Waals surface area contributed by atoms with Crippen molar-refractivity contribution in [3.05, 3.63) is 53.0 Å². The Morgan fingerprint density at radius 3 is 2.66 bits per heavy atom. The van der Waals surface area contributed by atoms with Gasteiger partial charge in [-0.2, -0.15) is 0 Å². The number of carbonyl (C=O) groups excluding carboxylic acids is 1. The van der Waals surface area contributed by atoms with Gasteiger partial charge in [0.05, 0.1) is 12.0 Å². The molecule has 0 bridgehead atoms. The summed E-state index contributed by atoms with van der Waals surface area (Å²) in [6.07, 6.45) is 8.70. The van der Waals surface area contributed by atoms with E-state index in [0.29, 0.717) is 6.42 Å². The topological polar surface area (TPSA) is 38.3 Å². The van der Waals surface area contributed by atoms with Crippen molar-refractivity contribution in [1.29, 1.82) is 0 Å². The van der Waals surface area contributed by atoms with Crippen molar-refractivity contribution < 1.29 is 9.53 Å². The molecule has 1 aromatic rings. The van der Waals surface area contributed by atoms with Gasteiger partial charge in [0.15, 0.2) is 5.78 Å². The predicted octanol–water partition coefficient (Wildman–Crippen LogP) is 5.14. The highest BCUT2D eigenvalue weighted by Gasteiger charge is 2.31. The van der Waals surface area contributed by atoms with E-state index in [1.165, 1.54) is 0 Å². The number of para-hydroxylation sites is 1. The summed E-state index contributed by atoms with van der Waals surface area (Å²) in [4.78, 5) is 14.0. The molecule has 0 saturated carbocycles. The van der Waals surface area contributed by atoms with Crippen molar-refractivity contribution in [1.82, 2.24) is 5.32 Å². The zero-order chi connectivity index (χ0) is 20.5. The standard InChI is InChI=1S/C25H31NO2S/c1-3-5-15-26-22-17-20(23(27)14-13-19-11-12-19)18-24(29-16-4-2)25(22)28-21-9-7-6-8-10-21/h6-10,17-19,22,25-26H,3-5,13-16H2,1-2H3. The second kappa shape index (κ2) is 11.3. The van der Waals surface area contributed by atoms with E-state index in [1.807, 2.05) is 30.3 Å². The summed E-state index contributed by atoms with van der Waals surface area (Å²) in [6, 6.07) is 9.95. The molecule has 154 valence electrons. The van der Waals surface area contributed by atoms with Crippen LogP contribution >= 0.6 is 11.8 Å². The number of unbranched alkanes of at least 4 members (excludes halogenated alkanes) is 1. The van der Waals surface area contributed by atoms with Crippen LogP contribution in [-0.4, -0.2) is 30.2 Å². The maximum Gasteiger partial charge on any atom is 0.162 e. The number of rotatable bonds is 13. The smallest absolute Gasteiger partial charge is 0.162 e. The molecule has 0 aliphatic heterocycles. The fraction of sp³-hybridized carbons (Fsp3) is 0.480. The maximum absolute atomic E-state index is 12.8. The number of benzene rings is 1. The summed E-state index contributed by atoms with van der Waals surface area (Å²) in [5, 5.41) is 3.63. The van der Waals surface area contributed by atoms with Gasteiger partial charge in [0.25, 0.3) is 0 Å². The molecule has 0 fully saturated rings. The molecule has 0 aromatic heterocycles. The number of Topliss-reactive ketones (excluding diaryl/α,β-unsaturated/α-hetero) is 1. The van der Waals surface area contributed by atoms with E-state index in [-0.39, 0.29) is 23.8 Å². The molecule has 3 nitrogen and oxygen atoms in total. The molecular weight excluding hydrogens is 378 g/mol. The van der Waals surface area contributed by atoms with Crippen molar-refractivity contribution in [3.63, 3.8) is 0 Å². The van der Waals surface area contributed by atoms with Crippen LogP contribution in [0, 0.1) is 17.8 Å². The largest absolute Gasteiger partial charge is 0.483 e. The first-order valence-corrected chi connectivity index (χ1v) is 11.7. The van der Waals surface area contributed by atoms with Crippen LogP contribution in [0.1, 0.15) is 46.0 Å². The average molecular weight is 410 g/mol. The quantitative estimate of drug-likeness (QED) is 0.362. The van der Waals surface area contributed by atoms with Crippen molar-refractivity contribution in [3.8, 4) is 17.6 Å². The number of nitrogens with one attached hydrogen (secondary N) is 1. The highest BCUT2D eigenvalue weighted by molar-refractivity contribution is 8.03. The van der Waals surface area contributed by atoms with Crippen molar-refractivity contribution in [2.45, 2.75) is 58.1 Å². The zero-order valence-electron chi connectivity index (χ0n) is 17.4. The molecule has 2 aliphatic carbocycles. The Labute approximate surface area is 179 Å². The van der Waals surface area contributed by atoms with Crippen LogP contribution in [0.2, 0.25) is 0 Å². The Kier molecular flexibility index (Phi) is 8.46. The van der Waals surface area contributed by atoms with Gasteiger partial charge in [-0.3, -0.25) is 4.79 Å². The van der Waals surface area contributed by atoms with E-state index in [9.17, 15) is 4.79 Å². The first-order chi connectivity index (χ1) is 14.2. The SMILES string of the molecule is CCCCNC1C=C(C(=O)CCC2C#C2)C=C(SCCC)C1Oc1ccccc1. The van der Waals surface area contributed by atoms with Gasteiger partial charge in [-0.1, -0.05) is 56.4 Å². The fourth-order valence-corrected chi connectivity index (χ4v) is 4.28. The number of carbonyl (C=O) groups is 1. The van der Waals surface area contributed by atoms with E-state index in [1.54, 1.807) is 11.8 Å². The minimum atomic E-state index is -0.117. The Balaban J connectivity index is 1.79. The molecule has 4 heteroatoms. The minimum absolute atomic E-state index is 0.0118. The number of hydrogen-bond acceptors (Lipinski definition) is 4.